The van der Waals surface area contributed by atoms with E-state index in [1.54, 1.807) is 6.08 Å². The van der Waals surface area contributed by atoms with Gasteiger partial charge in [0.15, 0.2) is 6.29 Å². The lowest BCUT2D eigenvalue weighted by Crippen LogP contribution is -2.60. The molecule has 1 rings (SSSR count). The summed E-state index contributed by atoms with van der Waals surface area (Å²) in [6, 6.07) is -1.01. The summed E-state index contributed by atoms with van der Waals surface area (Å²) in [6.45, 7) is 3.60. The molecule has 8 atom stereocenters. The van der Waals surface area contributed by atoms with Gasteiger partial charge in [-0.3, -0.25) is 4.79 Å². The maximum absolute atomic E-state index is 13.1. The van der Waals surface area contributed by atoms with Gasteiger partial charge < -0.3 is 45.4 Å². The number of aliphatic hydroxyl groups excluding tert-OH is 6. The lowest BCUT2D eigenvalue weighted by Gasteiger charge is -2.40. The molecule has 10 nitrogen and oxygen atoms in total. The fourth-order valence-corrected chi connectivity index (χ4v) is 9.46. The van der Waals surface area contributed by atoms with Crippen LogP contribution in [0.2, 0.25) is 0 Å². The first-order valence-electron chi connectivity index (χ1n) is 30.6. The molecule has 7 N–H and O–H groups in total. The largest absolute Gasteiger partial charge is 0.394 e. The van der Waals surface area contributed by atoms with Crippen LogP contribution in [0, 0.1) is 0 Å². The third-order valence-corrected chi connectivity index (χ3v) is 14.4. The first kappa shape index (κ1) is 68.9. The number of nitrogens with one attached hydrogen (secondary N) is 1. The molecule has 1 saturated heterocycles. The van der Waals surface area contributed by atoms with Gasteiger partial charge in [-0.05, 0) is 77.0 Å². The van der Waals surface area contributed by atoms with Crippen molar-refractivity contribution in [1.29, 1.82) is 0 Å². The average molecular weight is 1030 g/mol. The van der Waals surface area contributed by atoms with Crippen LogP contribution in [-0.2, 0) is 14.3 Å². The number of allylic oxidation sites excluding steroid dienone is 9. The van der Waals surface area contributed by atoms with Gasteiger partial charge in [0.1, 0.15) is 30.5 Å². The number of ether oxygens (including phenoxy) is 2. The van der Waals surface area contributed by atoms with Crippen LogP contribution in [0.1, 0.15) is 271 Å². The van der Waals surface area contributed by atoms with Crippen LogP contribution in [0.15, 0.2) is 60.8 Å². The Morgan fingerprint density at radius 1 is 0.479 bits per heavy atom. The maximum Gasteiger partial charge on any atom is 0.249 e. The minimum Gasteiger partial charge on any atom is -0.394 e. The van der Waals surface area contributed by atoms with Gasteiger partial charge in [0.05, 0.1) is 25.4 Å². The Labute approximate surface area is 448 Å². The topological polar surface area (TPSA) is 169 Å². The second kappa shape index (κ2) is 51.9. The Hall–Kier alpha value is -2.15. The molecule has 426 valence electrons. The Kier molecular flexibility index (Phi) is 49.0. The number of amides is 1. The van der Waals surface area contributed by atoms with Crippen LogP contribution in [-0.4, -0.2) is 98.7 Å². The molecule has 73 heavy (non-hydrogen) atoms. The number of aliphatic hydroxyl groups is 6. The molecule has 0 radical (unpaired) electrons. The van der Waals surface area contributed by atoms with Crippen molar-refractivity contribution in [3.63, 3.8) is 0 Å². The van der Waals surface area contributed by atoms with Crippen LogP contribution >= 0.6 is 0 Å². The molecular weight excluding hydrogens is 915 g/mol. The fraction of sp³-hybridized carbons (Fsp3) is 0.825. The summed E-state index contributed by atoms with van der Waals surface area (Å²) < 4.78 is 11.2. The highest BCUT2D eigenvalue weighted by atomic mass is 16.7. The van der Waals surface area contributed by atoms with E-state index in [1.165, 1.54) is 186 Å². The minimum absolute atomic E-state index is 0.300. The van der Waals surface area contributed by atoms with E-state index in [1.807, 2.05) is 6.08 Å². The predicted octanol–water partition coefficient (Wildman–Crippen LogP) is 14.4. The smallest absolute Gasteiger partial charge is 0.249 e. The van der Waals surface area contributed by atoms with Crippen LogP contribution in [0.25, 0.3) is 0 Å². The van der Waals surface area contributed by atoms with Gasteiger partial charge in [-0.1, -0.05) is 254 Å². The van der Waals surface area contributed by atoms with E-state index < -0.39 is 61.5 Å². The standard InChI is InChI=1S/C63H115NO9/c1-3-5-7-9-11-13-15-17-19-21-22-23-24-25-26-27-28-29-30-31-32-33-34-35-36-38-40-42-44-46-48-50-52-57(67)62(71)64-55(54-72-63-61(70)60(69)59(68)58(53-65)73-63)56(66)51-49-47-45-43-41-39-37-20-18-16-14-12-10-8-6-4-2/h18,20,22-23,25-26,41,43,49,51,55-61,63,65-70H,3-17,19,21,24,27-40,42,44-48,50,52-54H2,1-2H3,(H,64,71)/b20-18+,23-22-,26-25-,43-41+,51-49+. The highest BCUT2D eigenvalue weighted by Crippen LogP contribution is 2.23. The predicted molar refractivity (Wildman–Crippen MR) is 305 cm³/mol. The monoisotopic (exact) mass is 1030 g/mol. The van der Waals surface area contributed by atoms with Gasteiger partial charge in [-0.15, -0.1) is 0 Å². The van der Waals surface area contributed by atoms with Gasteiger partial charge in [0, 0.05) is 0 Å². The quantitative estimate of drug-likeness (QED) is 0.0232. The highest BCUT2D eigenvalue weighted by Gasteiger charge is 2.44. The van der Waals surface area contributed by atoms with Crippen LogP contribution in [0.5, 0.6) is 0 Å². The number of hydrogen-bond acceptors (Lipinski definition) is 9. The van der Waals surface area contributed by atoms with E-state index in [2.05, 4.69) is 67.8 Å². The molecule has 1 aliphatic heterocycles. The van der Waals surface area contributed by atoms with E-state index in [4.69, 9.17) is 9.47 Å². The molecule has 1 amide bonds. The normalized spacial score (nSPS) is 19.9. The molecule has 0 bridgehead atoms. The van der Waals surface area contributed by atoms with Crippen molar-refractivity contribution in [2.45, 2.75) is 320 Å². The fourth-order valence-electron chi connectivity index (χ4n) is 9.46. The van der Waals surface area contributed by atoms with E-state index in [-0.39, 0.29) is 6.61 Å². The number of rotatable bonds is 52. The maximum atomic E-state index is 13.1. The Bertz CT molecular complexity index is 1350. The lowest BCUT2D eigenvalue weighted by atomic mass is 9.99. The summed E-state index contributed by atoms with van der Waals surface area (Å²) >= 11 is 0. The number of carbonyl (C=O) groups is 1. The summed E-state index contributed by atoms with van der Waals surface area (Å²) in [5, 5.41) is 65.0. The van der Waals surface area contributed by atoms with Crippen LogP contribution < -0.4 is 5.32 Å². The molecule has 10 heteroatoms. The summed E-state index contributed by atoms with van der Waals surface area (Å²) in [5.74, 6) is -0.629. The molecule has 0 aliphatic carbocycles. The van der Waals surface area contributed by atoms with Crippen molar-refractivity contribution in [3.8, 4) is 0 Å². The van der Waals surface area contributed by atoms with Crippen LogP contribution in [0.3, 0.4) is 0 Å². The lowest BCUT2D eigenvalue weighted by molar-refractivity contribution is -0.302. The zero-order chi connectivity index (χ0) is 53.1. The summed E-state index contributed by atoms with van der Waals surface area (Å²) in [6.07, 6.45) is 60.5. The molecule has 1 fully saturated rings. The molecule has 8 unspecified atom stereocenters. The number of unbranched alkanes of at least 4 members (excludes halogenated alkanes) is 33. The molecular formula is C63H115NO9. The Morgan fingerprint density at radius 2 is 0.849 bits per heavy atom. The summed E-state index contributed by atoms with van der Waals surface area (Å²) in [5.41, 5.74) is 0. The van der Waals surface area contributed by atoms with Crippen molar-refractivity contribution in [2.75, 3.05) is 13.2 Å². The van der Waals surface area contributed by atoms with Crippen molar-refractivity contribution in [3.05, 3.63) is 60.8 Å². The molecule has 0 aromatic heterocycles. The molecule has 0 spiro atoms. The second-order valence-electron chi connectivity index (χ2n) is 21.3. The molecule has 1 heterocycles. The van der Waals surface area contributed by atoms with Crippen molar-refractivity contribution >= 4 is 5.91 Å². The van der Waals surface area contributed by atoms with Gasteiger partial charge in [-0.2, -0.15) is 0 Å². The molecule has 0 saturated carbocycles. The third kappa shape index (κ3) is 40.7. The Balaban J connectivity index is 2.20. The summed E-state index contributed by atoms with van der Waals surface area (Å²) in [7, 11) is 0. The van der Waals surface area contributed by atoms with E-state index in [0.29, 0.717) is 19.3 Å². The number of carbonyl (C=O) groups excluding carboxylic acids is 1. The Morgan fingerprint density at radius 3 is 1.27 bits per heavy atom. The highest BCUT2D eigenvalue weighted by molar-refractivity contribution is 5.80. The van der Waals surface area contributed by atoms with Crippen molar-refractivity contribution < 1.29 is 44.9 Å². The zero-order valence-corrected chi connectivity index (χ0v) is 47.0. The summed E-state index contributed by atoms with van der Waals surface area (Å²) in [4.78, 5) is 13.1. The van der Waals surface area contributed by atoms with Gasteiger partial charge in [0.25, 0.3) is 0 Å². The second-order valence-corrected chi connectivity index (χ2v) is 21.3. The molecule has 0 aromatic carbocycles. The van der Waals surface area contributed by atoms with Gasteiger partial charge in [-0.25, -0.2) is 0 Å². The third-order valence-electron chi connectivity index (χ3n) is 14.4. The van der Waals surface area contributed by atoms with Gasteiger partial charge in [0.2, 0.25) is 5.91 Å². The first-order chi connectivity index (χ1) is 35.8. The SMILES string of the molecule is CCCCCCCC/C=C/CC/C=C/CC/C=C/C(O)C(COC1OC(CO)C(O)C(O)C1O)NC(=O)C(O)CCCCCCCCCCCCCCCCCC/C=C\C/C=C\CCCCCCCCCCC. The molecule has 1 aliphatic rings. The molecule has 0 aromatic rings. The minimum atomic E-state index is -1.62. The van der Waals surface area contributed by atoms with Crippen molar-refractivity contribution in [2.24, 2.45) is 0 Å². The zero-order valence-electron chi connectivity index (χ0n) is 47.0. The van der Waals surface area contributed by atoms with Gasteiger partial charge >= 0.3 is 0 Å². The van der Waals surface area contributed by atoms with Crippen LogP contribution in [0.4, 0.5) is 0 Å². The average Bonchev–Trinajstić information content (AvgIpc) is 3.39. The van der Waals surface area contributed by atoms with E-state index >= 15 is 0 Å². The first-order valence-corrected chi connectivity index (χ1v) is 30.6. The van der Waals surface area contributed by atoms with Crippen molar-refractivity contribution in [1.82, 2.24) is 5.32 Å². The van der Waals surface area contributed by atoms with E-state index in [0.717, 1.165) is 51.4 Å². The number of hydrogen-bond donors (Lipinski definition) is 7. The van der Waals surface area contributed by atoms with E-state index in [9.17, 15) is 35.4 Å².